The van der Waals surface area contributed by atoms with E-state index in [1.54, 1.807) is 18.0 Å². The maximum absolute atomic E-state index is 11.2. The van der Waals surface area contributed by atoms with Crippen LogP contribution in [0.5, 0.6) is 0 Å². The summed E-state index contributed by atoms with van der Waals surface area (Å²) in [5, 5.41) is 3.27. The molecule has 1 unspecified atom stereocenters. The molecule has 0 aromatic carbocycles. The van der Waals surface area contributed by atoms with Gasteiger partial charge in [0.15, 0.2) is 0 Å². The van der Waals surface area contributed by atoms with Gasteiger partial charge in [0.1, 0.15) is 5.76 Å². The lowest BCUT2D eigenvalue weighted by atomic mass is 10.2. The number of carbonyl (C=O) groups excluding carboxylic acids is 1. The molecule has 0 saturated heterocycles. The first-order valence-corrected chi connectivity index (χ1v) is 7.06. The Morgan fingerprint density at radius 3 is 3.06 bits per heavy atom. The summed E-state index contributed by atoms with van der Waals surface area (Å²) in [6.45, 7) is 0. The minimum absolute atomic E-state index is 0.174. The topological polar surface area (TPSA) is 68.3 Å². The SMILES string of the molecule is NC(=O)C(CCSCc1ccco1)NC1CC1. The van der Waals surface area contributed by atoms with Crippen LogP contribution in [-0.2, 0) is 10.5 Å². The van der Waals surface area contributed by atoms with Gasteiger partial charge in [-0.3, -0.25) is 4.79 Å². The summed E-state index contributed by atoms with van der Waals surface area (Å²) in [5.41, 5.74) is 5.36. The number of amides is 1. The van der Waals surface area contributed by atoms with Gasteiger partial charge in [-0.25, -0.2) is 0 Å². The van der Waals surface area contributed by atoms with Crippen molar-refractivity contribution >= 4 is 17.7 Å². The van der Waals surface area contributed by atoms with Gasteiger partial charge in [0.25, 0.3) is 0 Å². The molecule has 5 heteroatoms. The number of thioether (sulfide) groups is 1. The van der Waals surface area contributed by atoms with Crippen molar-refractivity contribution in [1.29, 1.82) is 0 Å². The number of carbonyl (C=O) groups is 1. The number of nitrogens with one attached hydrogen (secondary N) is 1. The molecule has 0 radical (unpaired) electrons. The zero-order valence-corrected chi connectivity index (χ0v) is 10.5. The van der Waals surface area contributed by atoms with Crippen LogP contribution in [0.25, 0.3) is 0 Å². The molecule has 1 aliphatic rings. The maximum atomic E-state index is 11.2. The average molecular weight is 254 g/mol. The van der Waals surface area contributed by atoms with E-state index >= 15 is 0 Å². The van der Waals surface area contributed by atoms with E-state index < -0.39 is 0 Å². The van der Waals surface area contributed by atoms with E-state index in [-0.39, 0.29) is 11.9 Å². The zero-order valence-electron chi connectivity index (χ0n) is 9.72. The molecule has 3 N–H and O–H groups in total. The molecule has 1 aromatic rings. The first-order valence-electron chi connectivity index (χ1n) is 5.91. The highest BCUT2D eigenvalue weighted by molar-refractivity contribution is 7.98. The van der Waals surface area contributed by atoms with Crippen molar-refractivity contribution in [3.8, 4) is 0 Å². The average Bonchev–Trinajstić information content (AvgIpc) is 2.96. The van der Waals surface area contributed by atoms with Crippen LogP contribution in [0.1, 0.15) is 25.0 Å². The Hall–Kier alpha value is -0.940. The van der Waals surface area contributed by atoms with Crippen molar-refractivity contribution < 1.29 is 9.21 Å². The van der Waals surface area contributed by atoms with Crippen molar-refractivity contribution in [1.82, 2.24) is 5.32 Å². The fourth-order valence-electron chi connectivity index (χ4n) is 1.61. The van der Waals surface area contributed by atoms with Gasteiger partial charge in [0.2, 0.25) is 5.91 Å². The largest absolute Gasteiger partial charge is 0.468 e. The minimum atomic E-state index is -0.240. The van der Waals surface area contributed by atoms with E-state index in [0.717, 1.165) is 23.7 Å². The van der Waals surface area contributed by atoms with Crippen LogP contribution in [0.15, 0.2) is 22.8 Å². The van der Waals surface area contributed by atoms with Crippen molar-refractivity contribution in [2.75, 3.05) is 5.75 Å². The molecular weight excluding hydrogens is 236 g/mol. The predicted molar refractivity (Wildman–Crippen MR) is 68.6 cm³/mol. The van der Waals surface area contributed by atoms with Crippen LogP contribution in [0, 0.1) is 0 Å². The standard InChI is InChI=1S/C12H18N2O2S/c13-12(15)11(14-9-3-4-9)5-7-17-8-10-2-1-6-16-10/h1-2,6,9,11,14H,3-5,7-8H2,(H2,13,15). The van der Waals surface area contributed by atoms with Crippen LogP contribution in [0.2, 0.25) is 0 Å². The van der Waals surface area contributed by atoms with E-state index in [9.17, 15) is 4.79 Å². The highest BCUT2D eigenvalue weighted by atomic mass is 32.2. The monoisotopic (exact) mass is 254 g/mol. The Morgan fingerprint density at radius 2 is 2.47 bits per heavy atom. The molecule has 1 fully saturated rings. The fraction of sp³-hybridized carbons (Fsp3) is 0.583. The third kappa shape index (κ3) is 4.44. The van der Waals surface area contributed by atoms with E-state index in [1.807, 2.05) is 12.1 Å². The predicted octanol–water partition coefficient (Wildman–Crippen LogP) is 1.51. The molecule has 1 saturated carbocycles. The smallest absolute Gasteiger partial charge is 0.234 e. The molecule has 4 nitrogen and oxygen atoms in total. The molecule has 94 valence electrons. The van der Waals surface area contributed by atoms with Crippen molar-refractivity contribution in [2.24, 2.45) is 5.73 Å². The Morgan fingerprint density at radius 1 is 1.65 bits per heavy atom. The summed E-state index contributed by atoms with van der Waals surface area (Å²) >= 11 is 1.76. The first-order chi connectivity index (χ1) is 8.25. The van der Waals surface area contributed by atoms with Crippen LogP contribution in [-0.4, -0.2) is 23.7 Å². The van der Waals surface area contributed by atoms with Crippen LogP contribution in [0.4, 0.5) is 0 Å². The number of hydrogen-bond donors (Lipinski definition) is 2. The number of nitrogens with two attached hydrogens (primary N) is 1. The van der Waals surface area contributed by atoms with Crippen LogP contribution in [0.3, 0.4) is 0 Å². The molecule has 0 bridgehead atoms. The van der Waals surface area contributed by atoms with Gasteiger partial charge in [-0.1, -0.05) is 0 Å². The van der Waals surface area contributed by atoms with Crippen LogP contribution < -0.4 is 11.1 Å². The van der Waals surface area contributed by atoms with Gasteiger partial charge < -0.3 is 15.5 Å². The van der Waals surface area contributed by atoms with Crippen molar-refractivity contribution in [3.63, 3.8) is 0 Å². The third-order valence-electron chi connectivity index (χ3n) is 2.73. The summed E-state index contributed by atoms with van der Waals surface area (Å²) in [7, 11) is 0. The molecule has 1 atom stereocenters. The third-order valence-corrected chi connectivity index (χ3v) is 3.75. The minimum Gasteiger partial charge on any atom is -0.468 e. The normalized spacial score (nSPS) is 16.9. The summed E-state index contributed by atoms with van der Waals surface area (Å²) in [4.78, 5) is 11.2. The highest BCUT2D eigenvalue weighted by Gasteiger charge is 2.26. The molecule has 17 heavy (non-hydrogen) atoms. The van der Waals surface area contributed by atoms with Crippen LogP contribution >= 0.6 is 11.8 Å². The Balaban J connectivity index is 1.63. The fourth-order valence-corrected chi connectivity index (χ4v) is 2.52. The second kappa shape index (κ2) is 6.12. The lowest BCUT2D eigenvalue weighted by Gasteiger charge is -2.14. The number of primary amides is 1. The molecule has 1 heterocycles. The van der Waals surface area contributed by atoms with Crippen molar-refractivity contribution in [3.05, 3.63) is 24.2 Å². The molecule has 1 aliphatic carbocycles. The number of hydrogen-bond acceptors (Lipinski definition) is 4. The molecule has 2 rings (SSSR count). The summed E-state index contributed by atoms with van der Waals surface area (Å²) < 4.78 is 5.23. The van der Waals surface area contributed by atoms with Gasteiger partial charge in [0, 0.05) is 6.04 Å². The molecule has 0 spiro atoms. The van der Waals surface area contributed by atoms with E-state index in [0.29, 0.717) is 6.04 Å². The maximum Gasteiger partial charge on any atom is 0.234 e. The second-order valence-corrected chi connectivity index (χ2v) is 5.42. The highest BCUT2D eigenvalue weighted by Crippen LogP contribution is 2.21. The second-order valence-electron chi connectivity index (χ2n) is 4.32. The lowest BCUT2D eigenvalue weighted by molar-refractivity contribution is -0.120. The van der Waals surface area contributed by atoms with Gasteiger partial charge >= 0.3 is 0 Å². The Bertz CT molecular complexity index is 349. The van der Waals surface area contributed by atoms with Gasteiger partial charge in [-0.2, -0.15) is 11.8 Å². The van der Waals surface area contributed by atoms with E-state index in [2.05, 4.69) is 5.32 Å². The summed E-state index contributed by atoms with van der Waals surface area (Å²) in [6, 6.07) is 4.19. The van der Waals surface area contributed by atoms with Crippen molar-refractivity contribution in [2.45, 2.75) is 37.1 Å². The molecule has 1 aromatic heterocycles. The summed E-state index contributed by atoms with van der Waals surface area (Å²) in [6.07, 6.45) is 4.81. The quantitative estimate of drug-likeness (QED) is 0.690. The first kappa shape index (κ1) is 12.5. The lowest BCUT2D eigenvalue weighted by Crippen LogP contribution is -2.42. The number of furan rings is 1. The Kier molecular flexibility index (Phi) is 4.50. The molecular formula is C12H18N2O2S. The Labute approximate surface area is 105 Å². The molecule has 0 aliphatic heterocycles. The van der Waals surface area contributed by atoms with Gasteiger partial charge in [-0.05, 0) is 37.1 Å². The zero-order chi connectivity index (χ0) is 12.1. The van der Waals surface area contributed by atoms with E-state index in [1.165, 1.54) is 12.8 Å². The number of rotatable bonds is 8. The summed E-state index contributed by atoms with van der Waals surface area (Å²) in [5.74, 6) is 2.49. The van der Waals surface area contributed by atoms with E-state index in [4.69, 9.17) is 10.2 Å². The van der Waals surface area contributed by atoms with Gasteiger partial charge in [-0.15, -0.1) is 0 Å². The molecule has 1 amide bonds. The van der Waals surface area contributed by atoms with Gasteiger partial charge in [0.05, 0.1) is 18.1 Å².